The summed E-state index contributed by atoms with van der Waals surface area (Å²) in [5, 5.41) is 2.96. The standard InChI is InChI=1S/C26H37N5O4/c32-24(29-14-8-21(9-15-29)28-12-4-1-5-13-28)19-35-26(34)30-16-10-22(11-17-30)31-18-20-6-2-3-7-23(20)27-25(31)33/h2-3,6-7,21-22H,1,4-5,8-19H2,(H,27,33). The fourth-order valence-electron chi connectivity index (χ4n) is 5.95. The molecule has 190 valence electrons. The molecule has 1 aromatic rings. The Morgan fingerprint density at radius 1 is 0.857 bits per heavy atom. The number of anilines is 1. The predicted molar refractivity (Wildman–Crippen MR) is 132 cm³/mol. The second kappa shape index (κ2) is 10.8. The highest BCUT2D eigenvalue weighted by molar-refractivity contribution is 5.92. The van der Waals surface area contributed by atoms with Crippen LogP contribution in [-0.4, -0.2) is 95.6 Å². The summed E-state index contributed by atoms with van der Waals surface area (Å²) in [5.74, 6) is -0.103. The first kappa shape index (κ1) is 23.9. The van der Waals surface area contributed by atoms with Crippen LogP contribution in [0.4, 0.5) is 15.3 Å². The maximum Gasteiger partial charge on any atom is 0.410 e. The molecule has 0 spiro atoms. The van der Waals surface area contributed by atoms with Crippen molar-refractivity contribution >= 4 is 23.7 Å². The summed E-state index contributed by atoms with van der Waals surface area (Å²) < 4.78 is 5.38. The van der Waals surface area contributed by atoms with Gasteiger partial charge in [0, 0.05) is 50.5 Å². The van der Waals surface area contributed by atoms with Crippen LogP contribution >= 0.6 is 0 Å². The molecule has 4 amide bonds. The Morgan fingerprint density at radius 3 is 2.26 bits per heavy atom. The highest BCUT2D eigenvalue weighted by atomic mass is 16.6. The number of carbonyl (C=O) groups excluding carboxylic acids is 3. The molecule has 9 nitrogen and oxygen atoms in total. The fraction of sp³-hybridized carbons (Fsp3) is 0.654. The Morgan fingerprint density at radius 2 is 1.51 bits per heavy atom. The molecular weight excluding hydrogens is 446 g/mol. The van der Waals surface area contributed by atoms with Crippen molar-refractivity contribution in [2.24, 2.45) is 0 Å². The Kier molecular flexibility index (Phi) is 7.41. The molecule has 0 saturated carbocycles. The third-order valence-electron chi connectivity index (χ3n) is 8.07. The first-order chi connectivity index (χ1) is 17.1. The van der Waals surface area contributed by atoms with Gasteiger partial charge in [-0.25, -0.2) is 9.59 Å². The number of fused-ring (bicyclic) bond motifs is 1. The number of rotatable bonds is 4. The van der Waals surface area contributed by atoms with Gasteiger partial charge in [0.15, 0.2) is 6.61 Å². The lowest BCUT2D eigenvalue weighted by atomic mass is 10.00. The summed E-state index contributed by atoms with van der Waals surface area (Å²) in [4.78, 5) is 45.7. The third-order valence-corrected chi connectivity index (χ3v) is 8.07. The van der Waals surface area contributed by atoms with E-state index < -0.39 is 6.09 Å². The molecule has 3 saturated heterocycles. The molecule has 4 aliphatic heterocycles. The summed E-state index contributed by atoms with van der Waals surface area (Å²) in [6, 6.07) is 8.42. The fourth-order valence-corrected chi connectivity index (χ4v) is 5.95. The van der Waals surface area contributed by atoms with Gasteiger partial charge in [-0.15, -0.1) is 0 Å². The monoisotopic (exact) mass is 483 g/mol. The van der Waals surface area contributed by atoms with E-state index >= 15 is 0 Å². The molecule has 0 radical (unpaired) electrons. The Hall–Kier alpha value is -2.81. The number of ether oxygens (including phenoxy) is 1. The molecule has 1 aromatic carbocycles. The van der Waals surface area contributed by atoms with Crippen molar-refractivity contribution in [3.8, 4) is 0 Å². The molecule has 4 heterocycles. The summed E-state index contributed by atoms with van der Waals surface area (Å²) in [5.41, 5.74) is 1.97. The second-order valence-corrected chi connectivity index (χ2v) is 10.2. The van der Waals surface area contributed by atoms with Gasteiger partial charge in [-0.2, -0.15) is 0 Å². The number of amides is 4. The van der Waals surface area contributed by atoms with Gasteiger partial charge in [0.05, 0.1) is 0 Å². The Bertz CT molecular complexity index is 918. The largest absolute Gasteiger partial charge is 0.439 e. The summed E-state index contributed by atoms with van der Waals surface area (Å²) >= 11 is 0. The van der Waals surface area contributed by atoms with Gasteiger partial charge in [-0.05, 0) is 63.2 Å². The molecular formula is C26H37N5O4. The van der Waals surface area contributed by atoms with Crippen molar-refractivity contribution in [1.82, 2.24) is 19.6 Å². The van der Waals surface area contributed by atoms with Gasteiger partial charge >= 0.3 is 12.1 Å². The first-order valence-electron chi connectivity index (χ1n) is 13.2. The predicted octanol–water partition coefficient (Wildman–Crippen LogP) is 3.11. The van der Waals surface area contributed by atoms with Crippen molar-refractivity contribution in [3.63, 3.8) is 0 Å². The lowest BCUT2D eigenvalue weighted by molar-refractivity contribution is -0.136. The van der Waals surface area contributed by atoms with E-state index in [1.807, 2.05) is 34.1 Å². The van der Waals surface area contributed by atoms with E-state index in [2.05, 4.69) is 10.2 Å². The first-order valence-corrected chi connectivity index (χ1v) is 13.2. The number of hydrogen-bond acceptors (Lipinski definition) is 5. The van der Waals surface area contributed by atoms with Crippen molar-refractivity contribution in [2.75, 3.05) is 51.2 Å². The topological polar surface area (TPSA) is 85.4 Å². The van der Waals surface area contributed by atoms with Crippen molar-refractivity contribution in [3.05, 3.63) is 29.8 Å². The Balaban J connectivity index is 1.03. The van der Waals surface area contributed by atoms with Gasteiger partial charge < -0.3 is 29.7 Å². The number of urea groups is 1. The van der Waals surface area contributed by atoms with Crippen LogP contribution in [0, 0.1) is 0 Å². The van der Waals surface area contributed by atoms with E-state index in [1.54, 1.807) is 4.90 Å². The number of piperidine rings is 3. The highest BCUT2D eigenvalue weighted by Gasteiger charge is 2.33. The van der Waals surface area contributed by atoms with E-state index in [0.29, 0.717) is 38.5 Å². The number of carbonyl (C=O) groups is 3. The van der Waals surface area contributed by atoms with Gasteiger partial charge in [-0.1, -0.05) is 24.6 Å². The van der Waals surface area contributed by atoms with Gasteiger partial charge in [-0.3, -0.25) is 4.79 Å². The van der Waals surface area contributed by atoms with E-state index in [-0.39, 0.29) is 24.6 Å². The van der Waals surface area contributed by atoms with Crippen molar-refractivity contribution in [2.45, 2.75) is 63.6 Å². The van der Waals surface area contributed by atoms with Crippen LogP contribution in [0.5, 0.6) is 0 Å². The summed E-state index contributed by atoms with van der Waals surface area (Å²) in [6.07, 6.45) is 6.86. The number of nitrogens with zero attached hydrogens (tertiary/aromatic N) is 4. The van der Waals surface area contributed by atoms with E-state index in [9.17, 15) is 14.4 Å². The quantitative estimate of drug-likeness (QED) is 0.711. The molecule has 35 heavy (non-hydrogen) atoms. The number of hydrogen-bond donors (Lipinski definition) is 1. The minimum absolute atomic E-state index is 0.0789. The number of para-hydroxylation sites is 1. The molecule has 0 unspecified atom stereocenters. The van der Waals surface area contributed by atoms with E-state index in [4.69, 9.17) is 4.74 Å². The van der Waals surface area contributed by atoms with Crippen LogP contribution in [0.3, 0.4) is 0 Å². The number of likely N-dealkylation sites (tertiary alicyclic amines) is 3. The molecule has 0 atom stereocenters. The second-order valence-electron chi connectivity index (χ2n) is 10.2. The van der Waals surface area contributed by atoms with Crippen molar-refractivity contribution in [1.29, 1.82) is 0 Å². The summed E-state index contributed by atoms with van der Waals surface area (Å²) in [7, 11) is 0. The average molecular weight is 484 g/mol. The molecule has 5 rings (SSSR count). The third kappa shape index (κ3) is 5.55. The molecule has 4 aliphatic rings. The molecule has 3 fully saturated rings. The SMILES string of the molecule is O=C(COC(=O)N1CCC(N2Cc3ccccc3NC2=O)CC1)N1CCC(N2CCCCC2)CC1. The molecule has 0 aromatic heterocycles. The minimum atomic E-state index is -0.437. The van der Waals surface area contributed by atoms with Crippen LogP contribution in [0.2, 0.25) is 0 Å². The van der Waals surface area contributed by atoms with E-state index in [0.717, 1.165) is 37.2 Å². The molecule has 9 heteroatoms. The van der Waals surface area contributed by atoms with Gasteiger partial charge in [0.25, 0.3) is 5.91 Å². The van der Waals surface area contributed by atoms with Crippen LogP contribution < -0.4 is 5.32 Å². The smallest absolute Gasteiger partial charge is 0.410 e. The molecule has 1 N–H and O–H groups in total. The van der Waals surface area contributed by atoms with Crippen LogP contribution in [0.25, 0.3) is 0 Å². The zero-order valence-corrected chi connectivity index (χ0v) is 20.5. The van der Waals surface area contributed by atoms with Crippen molar-refractivity contribution < 1.29 is 19.1 Å². The Labute approximate surface area is 207 Å². The maximum absolute atomic E-state index is 12.6. The molecule has 0 bridgehead atoms. The van der Waals surface area contributed by atoms with Crippen LogP contribution in [-0.2, 0) is 16.1 Å². The lowest BCUT2D eigenvalue weighted by Gasteiger charge is -2.40. The molecule has 0 aliphatic carbocycles. The van der Waals surface area contributed by atoms with Gasteiger partial charge in [0.2, 0.25) is 0 Å². The number of benzene rings is 1. The highest BCUT2D eigenvalue weighted by Crippen LogP contribution is 2.28. The minimum Gasteiger partial charge on any atom is -0.439 e. The van der Waals surface area contributed by atoms with Crippen LogP contribution in [0.15, 0.2) is 24.3 Å². The summed E-state index contributed by atoms with van der Waals surface area (Å²) in [6.45, 7) is 5.27. The van der Waals surface area contributed by atoms with Gasteiger partial charge in [0.1, 0.15) is 0 Å². The lowest BCUT2D eigenvalue weighted by Crippen LogP contribution is -2.51. The number of nitrogens with one attached hydrogen (secondary N) is 1. The van der Waals surface area contributed by atoms with Crippen LogP contribution in [0.1, 0.15) is 50.5 Å². The maximum atomic E-state index is 12.6. The zero-order valence-electron chi connectivity index (χ0n) is 20.5. The zero-order chi connectivity index (χ0) is 24.2. The normalized spacial score (nSPS) is 22.5. The van der Waals surface area contributed by atoms with E-state index in [1.165, 1.54) is 32.4 Å². The average Bonchev–Trinajstić information content (AvgIpc) is 2.92.